The summed E-state index contributed by atoms with van der Waals surface area (Å²) in [6.07, 6.45) is 3.68. The lowest BCUT2D eigenvalue weighted by atomic mass is 10.0. The lowest BCUT2D eigenvalue weighted by Gasteiger charge is -2.18. The second-order valence-electron chi connectivity index (χ2n) is 9.65. The third-order valence-electron chi connectivity index (χ3n) is 6.60. The molecule has 1 aromatic heterocycles. The van der Waals surface area contributed by atoms with Crippen LogP contribution >= 0.6 is 30.3 Å². The summed E-state index contributed by atoms with van der Waals surface area (Å²) in [5.74, 6) is -1.09. The average molecular weight is 608 g/mol. The van der Waals surface area contributed by atoms with Crippen molar-refractivity contribution in [3.8, 4) is 0 Å². The molecule has 206 valence electrons. The molecule has 11 heteroatoms. The SMILES string of the molecule is CP(=O)(CCc1cc(Cl)c(CNC(Cc2cccc(S(C)(=O)=O)c2)C(=O)O)c(Cl)c1)c1ccc2ccoc2c1. The number of furan rings is 1. The van der Waals surface area contributed by atoms with E-state index in [0.29, 0.717) is 39.3 Å². The zero-order chi connectivity index (χ0) is 28.4. The number of aliphatic carboxylic acids is 1. The summed E-state index contributed by atoms with van der Waals surface area (Å²) in [7, 11) is -6.09. The summed E-state index contributed by atoms with van der Waals surface area (Å²) < 4.78 is 42.6. The van der Waals surface area contributed by atoms with Crippen LogP contribution in [-0.2, 0) is 38.6 Å². The van der Waals surface area contributed by atoms with Crippen LogP contribution in [0.3, 0.4) is 0 Å². The average Bonchev–Trinajstić information content (AvgIpc) is 3.34. The van der Waals surface area contributed by atoms with Crippen molar-refractivity contribution in [2.45, 2.75) is 30.3 Å². The number of benzene rings is 3. The molecular formula is C28H28Cl2NO6PS. The van der Waals surface area contributed by atoms with Gasteiger partial charge in [-0.1, -0.05) is 47.5 Å². The normalized spacial score (nSPS) is 14.3. The fourth-order valence-corrected chi connectivity index (χ4v) is 7.37. The number of nitrogens with one attached hydrogen (secondary N) is 1. The van der Waals surface area contributed by atoms with Crippen LogP contribution in [0.2, 0.25) is 10.0 Å². The molecule has 2 N–H and O–H groups in total. The van der Waals surface area contributed by atoms with Crippen LogP contribution in [0.15, 0.2) is 76.2 Å². The summed E-state index contributed by atoms with van der Waals surface area (Å²) in [6, 6.07) is 16.2. The molecule has 2 atom stereocenters. The second-order valence-corrected chi connectivity index (χ2v) is 15.6. The van der Waals surface area contributed by atoms with Gasteiger partial charge in [0.25, 0.3) is 0 Å². The van der Waals surface area contributed by atoms with E-state index < -0.39 is 29.0 Å². The maximum Gasteiger partial charge on any atom is 0.321 e. The monoisotopic (exact) mass is 607 g/mol. The highest BCUT2D eigenvalue weighted by Gasteiger charge is 2.22. The summed E-state index contributed by atoms with van der Waals surface area (Å²) >= 11 is 13.1. The number of fused-ring (bicyclic) bond motifs is 1. The first-order chi connectivity index (χ1) is 18.3. The predicted octanol–water partition coefficient (Wildman–Crippen LogP) is 5.79. The van der Waals surface area contributed by atoms with Gasteiger partial charge in [-0.15, -0.1) is 0 Å². The van der Waals surface area contributed by atoms with E-state index in [1.165, 1.54) is 12.1 Å². The van der Waals surface area contributed by atoms with Gasteiger partial charge in [0.15, 0.2) is 9.84 Å². The standard InChI is InChI=1S/C28H28Cl2NO6PS/c1-38(34,21-7-6-20-8-10-37-27(20)16-21)11-9-19-13-24(29)23(25(30)14-19)17-31-26(28(32)33)15-18-4-3-5-22(12-18)39(2,35)36/h3-8,10,12-14,16,26,31H,9,11,15,17H2,1-2H3,(H,32,33). The molecule has 39 heavy (non-hydrogen) atoms. The molecule has 4 rings (SSSR count). The number of sulfone groups is 1. The molecule has 0 saturated heterocycles. The molecule has 0 amide bonds. The fourth-order valence-electron chi connectivity index (χ4n) is 4.29. The molecule has 0 aliphatic rings. The first-order valence-electron chi connectivity index (χ1n) is 12.1. The minimum Gasteiger partial charge on any atom is -0.480 e. The van der Waals surface area contributed by atoms with Crippen molar-refractivity contribution in [2.24, 2.45) is 0 Å². The molecule has 1 heterocycles. The Labute approximate surface area is 237 Å². The molecule has 0 spiro atoms. The first kappa shape index (κ1) is 29.4. The molecular weight excluding hydrogens is 580 g/mol. The minimum absolute atomic E-state index is 0.0710. The zero-order valence-electron chi connectivity index (χ0n) is 21.4. The smallest absolute Gasteiger partial charge is 0.321 e. The molecule has 3 aromatic carbocycles. The first-order valence-corrected chi connectivity index (χ1v) is 17.1. The van der Waals surface area contributed by atoms with Crippen LogP contribution in [0.1, 0.15) is 16.7 Å². The van der Waals surface area contributed by atoms with Gasteiger partial charge < -0.3 is 14.1 Å². The van der Waals surface area contributed by atoms with Crippen molar-refractivity contribution < 1.29 is 27.3 Å². The van der Waals surface area contributed by atoms with Crippen molar-refractivity contribution in [2.75, 3.05) is 19.1 Å². The highest BCUT2D eigenvalue weighted by Crippen LogP contribution is 2.41. The summed E-state index contributed by atoms with van der Waals surface area (Å²) in [6.45, 7) is 1.84. The molecule has 4 aromatic rings. The third-order valence-corrected chi connectivity index (χ3v) is 10.8. The van der Waals surface area contributed by atoms with Crippen LogP contribution in [0, 0.1) is 0 Å². The Hall–Kier alpha value is -2.61. The molecule has 2 unspecified atom stereocenters. The van der Waals surface area contributed by atoms with E-state index in [0.717, 1.165) is 22.5 Å². The lowest BCUT2D eigenvalue weighted by molar-refractivity contribution is -0.139. The Morgan fingerprint density at radius 2 is 1.77 bits per heavy atom. The summed E-state index contributed by atoms with van der Waals surface area (Å²) in [5, 5.41) is 15.1. The number of hydrogen-bond donors (Lipinski definition) is 2. The van der Waals surface area contributed by atoms with E-state index in [9.17, 15) is 22.9 Å². The highest BCUT2D eigenvalue weighted by atomic mass is 35.5. The third kappa shape index (κ3) is 7.33. The van der Waals surface area contributed by atoms with E-state index >= 15 is 0 Å². The largest absolute Gasteiger partial charge is 0.480 e. The van der Waals surface area contributed by atoms with Gasteiger partial charge in [-0.05, 0) is 67.0 Å². The van der Waals surface area contributed by atoms with E-state index in [4.69, 9.17) is 27.6 Å². The number of carboxylic acids is 1. The van der Waals surface area contributed by atoms with Gasteiger partial charge in [-0.3, -0.25) is 10.1 Å². The Bertz CT molecular complexity index is 1660. The van der Waals surface area contributed by atoms with Crippen molar-refractivity contribution in [3.63, 3.8) is 0 Å². The van der Waals surface area contributed by atoms with Gasteiger partial charge in [0, 0.05) is 45.3 Å². The number of carboxylic acid groups (broad SMARTS) is 1. The molecule has 0 radical (unpaired) electrons. The molecule has 0 aliphatic heterocycles. The minimum atomic E-state index is -3.41. The van der Waals surface area contributed by atoms with Crippen molar-refractivity contribution in [3.05, 3.63) is 93.7 Å². The second kappa shape index (κ2) is 11.9. The van der Waals surface area contributed by atoms with Crippen molar-refractivity contribution in [1.29, 1.82) is 0 Å². The molecule has 0 fully saturated rings. The Morgan fingerprint density at radius 3 is 2.44 bits per heavy atom. The zero-order valence-corrected chi connectivity index (χ0v) is 24.6. The quantitative estimate of drug-likeness (QED) is 0.207. The summed E-state index contributed by atoms with van der Waals surface area (Å²) in [5.41, 5.74) is 2.63. The lowest BCUT2D eigenvalue weighted by Crippen LogP contribution is -2.38. The number of carbonyl (C=O) groups is 1. The number of rotatable bonds is 11. The Balaban J connectivity index is 1.43. The maximum absolute atomic E-state index is 13.5. The van der Waals surface area contributed by atoms with Crippen LogP contribution < -0.4 is 10.6 Å². The van der Waals surface area contributed by atoms with Crippen LogP contribution in [-0.4, -0.2) is 44.6 Å². The van der Waals surface area contributed by atoms with Crippen LogP contribution in [0.5, 0.6) is 0 Å². The van der Waals surface area contributed by atoms with Gasteiger partial charge in [-0.25, -0.2) is 8.42 Å². The Morgan fingerprint density at radius 1 is 1.05 bits per heavy atom. The maximum atomic E-state index is 13.5. The van der Waals surface area contributed by atoms with Gasteiger partial charge in [-0.2, -0.15) is 0 Å². The van der Waals surface area contributed by atoms with Crippen molar-refractivity contribution >= 4 is 62.4 Å². The number of hydrogen-bond acceptors (Lipinski definition) is 6. The van der Waals surface area contributed by atoms with Gasteiger partial charge in [0.2, 0.25) is 0 Å². The Kier molecular flexibility index (Phi) is 8.94. The molecule has 0 aliphatic carbocycles. The van der Waals surface area contributed by atoms with Gasteiger partial charge in [0.1, 0.15) is 18.8 Å². The van der Waals surface area contributed by atoms with E-state index in [1.54, 1.807) is 37.2 Å². The molecule has 0 saturated carbocycles. The molecule has 7 nitrogen and oxygen atoms in total. The van der Waals surface area contributed by atoms with Gasteiger partial charge in [0.05, 0.1) is 11.2 Å². The van der Waals surface area contributed by atoms with E-state index in [1.807, 2.05) is 24.3 Å². The number of halogens is 2. The van der Waals surface area contributed by atoms with Gasteiger partial charge >= 0.3 is 5.97 Å². The fraction of sp³-hybridized carbons (Fsp3) is 0.250. The topological polar surface area (TPSA) is 114 Å². The van der Waals surface area contributed by atoms with Crippen LogP contribution in [0.4, 0.5) is 0 Å². The number of aryl methyl sites for hydroxylation is 1. The summed E-state index contributed by atoms with van der Waals surface area (Å²) in [4.78, 5) is 12.0. The molecule has 0 bridgehead atoms. The van der Waals surface area contributed by atoms with E-state index in [2.05, 4.69) is 5.32 Å². The predicted molar refractivity (Wildman–Crippen MR) is 156 cm³/mol. The van der Waals surface area contributed by atoms with Crippen LogP contribution in [0.25, 0.3) is 11.0 Å². The highest BCUT2D eigenvalue weighted by molar-refractivity contribution is 7.90. The van der Waals surface area contributed by atoms with E-state index in [-0.39, 0.29) is 17.9 Å². The van der Waals surface area contributed by atoms with Crippen molar-refractivity contribution in [1.82, 2.24) is 5.32 Å².